The highest BCUT2D eigenvalue weighted by Gasteiger charge is 2.58. The molecule has 3 aromatic rings. The predicted octanol–water partition coefficient (Wildman–Crippen LogP) is 5.63. The van der Waals surface area contributed by atoms with Gasteiger partial charge < -0.3 is 29.1 Å². The average Bonchev–Trinajstić information content (AvgIpc) is 3.37. The van der Waals surface area contributed by atoms with E-state index in [0.717, 1.165) is 15.9 Å². The summed E-state index contributed by atoms with van der Waals surface area (Å²) >= 11 is 2.02. The van der Waals surface area contributed by atoms with Gasteiger partial charge in [-0.3, -0.25) is 19.3 Å². The second kappa shape index (κ2) is 16.1. The van der Waals surface area contributed by atoms with Crippen LogP contribution in [0.5, 0.6) is 11.5 Å². The number of hydrogen-bond acceptors (Lipinski definition) is 8. The number of fused-ring (bicyclic) bond motifs is 3. The SMILES string of the molecule is COc1cc([C@@H]2C[C@@H]3C(=C(CO[Si](c4ccccc4)(c4ccccc4)C(C)(C)C)C[C@@H]4C(=O)N(CCCCCC(=O)O)C(=O)[C@@H]43)B(O)O2)cc(I)c1O. The van der Waals surface area contributed by atoms with Gasteiger partial charge in [0.15, 0.2) is 11.5 Å². The quantitative estimate of drug-likeness (QED) is 0.0865. The third-order valence-electron chi connectivity index (χ3n) is 11.1. The lowest BCUT2D eigenvalue weighted by Crippen LogP contribution is -2.66. The average molecular weight is 852 g/mol. The number of unbranched alkanes of at least 4 members (excludes halogenated alkanes) is 2. The molecule has 10 nitrogen and oxygen atoms in total. The Labute approximate surface area is 325 Å². The number of carboxylic acid groups (broad SMARTS) is 1. The Morgan fingerprint density at radius 1 is 0.981 bits per heavy atom. The van der Waals surface area contributed by atoms with Gasteiger partial charge in [-0.25, -0.2) is 0 Å². The Hall–Kier alpha value is -3.50. The zero-order valence-corrected chi connectivity index (χ0v) is 33.7. The van der Waals surface area contributed by atoms with Crippen molar-refractivity contribution in [3.63, 3.8) is 0 Å². The van der Waals surface area contributed by atoms with Gasteiger partial charge in [0, 0.05) is 13.0 Å². The molecule has 53 heavy (non-hydrogen) atoms. The molecule has 13 heteroatoms. The van der Waals surface area contributed by atoms with Crippen LogP contribution in [0, 0.1) is 21.3 Å². The molecular formula is C40H47BINO9Si. The van der Waals surface area contributed by atoms with Crippen LogP contribution in [-0.2, 0) is 23.5 Å². The van der Waals surface area contributed by atoms with Crippen molar-refractivity contribution < 1.29 is 43.4 Å². The molecule has 0 saturated carbocycles. The lowest BCUT2D eigenvalue weighted by atomic mass is 9.55. The molecule has 280 valence electrons. The van der Waals surface area contributed by atoms with Crippen LogP contribution in [0.15, 0.2) is 83.8 Å². The Kier molecular flexibility index (Phi) is 11.9. The highest BCUT2D eigenvalue weighted by Crippen LogP contribution is 2.52. The summed E-state index contributed by atoms with van der Waals surface area (Å²) in [5, 5.41) is 33.4. The first-order chi connectivity index (χ1) is 25.3. The lowest BCUT2D eigenvalue weighted by molar-refractivity contribution is -0.141. The van der Waals surface area contributed by atoms with Crippen molar-refractivity contribution >= 4 is 66.2 Å². The number of imide groups is 1. The number of ether oxygens (including phenoxy) is 1. The summed E-state index contributed by atoms with van der Waals surface area (Å²) in [6.07, 6.45) is 1.54. The lowest BCUT2D eigenvalue weighted by Gasteiger charge is -2.45. The Balaban J connectivity index is 1.39. The molecule has 2 fully saturated rings. The van der Waals surface area contributed by atoms with Crippen molar-refractivity contribution in [3.05, 3.63) is 93.0 Å². The van der Waals surface area contributed by atoms with Gasteiger partial charge in [-0.1, -0.05) is 87.9 Å². The molecule has 2 amide bonds. The van der Waals surface area contributed by atoms with Gasteiger partial charge >= 0.3 is 13.1 Å². The maximum Gasteiger partial charge on any atom is 0.487 e. The first kappa shape index (κ1) is 39.2. The third-order valence-corrected chi connectivity index (χ3v) is 16.9. The van der Waals surface area contributed by atoms with Gasteiger partial charge in [-0.05, 0) is 98.3 Å². The van der Waals surface area contributed by atoms with Crippen molar-refractivity contribution in [1.82, 2.24) is 4.90 Å². The van der Waals surface area contributed by atoms with Crippen LogP contribution in [0.1, 0.15) is 71.0 Å². The highest BCUT2D eigenvalue weighted by atomic mass is 127. The standard InChI is InChI=1S/C40H47BINO9Si/c1-40(2,3)53(27-14-8-5-9-15-27,28-16-10-6-11-17-28)51-24-26-20-30-35(39(48)43(38(30)47)19-13-7-12-18-34(44)45)29-23-32(52-41(49)36(26)29)25-21-31(42)37(46)33(22-25)50-4/h5-6,8-11,14-17,21-22,29-30,32,35,46,49H,7,12-13,18-20,23-24H2,1-4H3,(H,44,45)/t29-,30-,32-,35+/m0/s1. The maximum absolute atomic E-state index is 14.2. The molecule has 3 aliphatic rings. The van der Waals surface area contributed by atoms with Crippen molar-refractivity contribution in [1.29, 1.82) is 0 Å². The predicted molar refractivity (Wildman–Crippen MR) is 212 cm³/mol. The van der Waals surface area contributed by atoms with Crippen molar-refractivity contribution in [3.8, 4) is 11.5 Å². The van der Waals surface area contributed by atoms with Crippen LogP contribution in [0.3, 0.4) is 0 Å². The molecule has 2 saturated heterocycles. The summed E-state index contributed by atoms with van der Waals surface area (Å²) in [6.45, 7) is 6.95. The number of phenols is 1. The zero-order valence-electron chi connectivity index (χ0n) is 30.6. The summed E-state index contributed by atoms with van der Waals surface area (Å²) in [5.41, 5.74) is 2.06. The summed E-state index contributed by atoms with van der Waals surface area (Å²) in [6, 6.07) is 24.0. The first-order valence-corrected chi connectivity index (χ1v) is 21.2. The zero-order chi connectivity index (χ0) is 38.1. The van der Waals surface area contributed by atoms with Gasteiger partial charge in [-0.15, -0.1) is 0 Å². The number of allylic oxidation sites excluding steroid dienone is 1. The van der Waals surface area contributed by atoms with E-state index in [4.69, 9.17) is 18.9 Å². The number of hydrogen-bond donors (Lipinski definition) is 3. The van der Waals surface area contributed by atoms with E-state index < -0.39 is 45.3 Å². The molecule has 0 bridgehead atoms. The molecule has 3 aromatic carbocycles. The number of carboxylic acids is 1. The van der Waals surface area contributed by atoms with Crippen LogP contribution in [0.4, 0.5) is 0 Å². The number of carbonyl (C=O) groups is 3. The molecule has 0 aromatic heterocycles. The molecule has 1 aliphatic carbocycles. The van der Waals surface area contributed by atoms with E-state index in [2.05, 4.69) is 45.0 Å². The van der Waals surface area contributed by atoms with Gasteiger partial charge in [0.25, 0.3) is 8.32 Å². The molecule has 0 unspecified atom stereocenters. The van der Waals surface area contributed by atoms with Gasteiger partial charge in [0.2, 0.25) is 11.8 Å². The van der Waals surface area contributed by atoms with E-state index in [-0.39, 0.29) is 54.3 Å². The van der Waals surface area contributed by atoms with Crippen molar-refractivity contribution in [2.75, 3.05) is 20.3 Å². The van der Waals surface area contributed by atoms with Crippen LogP contribution < -0.4 is 15.1 Å². The molecular weight excluding hydrogens is 804 g/mol. The largest absolute Gasteiger partial charge is 0.504 e. The number of amides is 2. The molecule has 2 heterocycles. The number of carbonyl (C=O) groups excluding carboxylic acids is 2. The molecule has 4 atom stereocenters. The summed E-state index contributed by atoms with van der Waals surface area (Å²) < 4.78 is 19.6. The Morgan fingerprint density at radius 3 is 2.21 bits per heavy atom. The minimum Gasteiger partial charge on any atom is -0.504 e. The van der Waals surface area contributed by atoms with Crippen LogP contribution in [0.25, 0.3) is 0 Å². The van der Waals surface area contributed by atoms with Crippen LogP contribution in [-0.4, -0.2) is 73.6 Å². The van der Waals surface area contributed by atoms with E-state index in [0.29, 0.717) is 40.3 Å². The number of nitrogens with zero attached hydrogens (tertiary/aromatic N) is 1. The van der Waals surface area contributed by atoms with E-state index in [1.807, 2.05) is 59.0 Å². The van der Waals surface area contributed by atoms with Crippen molar-refractivity contribution in [2.45, 2.75) is 70.4 Å². The fourth-order valence-electron chi connectivity index (χ4n) is 8.66. The molecule has 0 radical (unpaired) electrons. The number of benzene rings is 3. The number of aromatic hydroxyl groups is 1. The van der Waals surface area contributed by atoms with Crippen molar-refractivity contribution in [2.24, 2.45) is 17.8 Å². The molecule has 0 spiro atoms. The Morgan fingerprint density at radius 2 is 1.62 bits per heavy atom. The van der Waals surface area contributed by atoms with Gasteiger partial charge in [-0.2, -0.15) is 0 Å². The van der Waals surface area contributed by atoms with E-state index in [1.165, 1.54) is 12.0 Å². The first-order valence-electron chi connectivity index (χ1n) is 18.2. The number of rotatable bonds is 13. The Bertz CT molecular complexity index is 1830. The summed E-state index contributed by atoms with van der Waals surface area (Å²) in [4.78, 5) is 40.8. The molecule has 3 N–H and O–H groups in total. The topological polar surface area (TPSA) is 143 Å². The van der Waals surface area contributed by atoms with Crippen LogP contribution in [0.2, 0.25) is 5.04 Å². The normalized spacial score (nSPS) is 21.8. The molecule has 6 rings (SSSR count). The monoisotopic (exact) mass is 851 g/mol. The number of methoxy groups -OCH3 is 1. The fourth-order valence-corrected chi connectivity index (χ4v) is 13.8. The van der Waals surface area contributed by atoms with E-state index in [1.54, 1.807) is 12.1 Å². The highest BCUT2D eigenvalue weighted by molar-refractivity contribution is 14.1. The van der Waals surface area contributed by atoms with Crippen LogP contribution >= 0.6 is 22.6 Å². The number of likely N-dealkylation sites (tertiary alicyclic amines) is 1. The fraction of sp³-hybridized carbons (Fsp3) is 0.425. The summed E-state index contributed by atoms with van der Waals surface area (Å²) in [5.74, 6) is -2.92. The van der Waals surface area contributed by atoms with Gasteiger partial charge in [0.05, 0.1) is 35.2 Å². The minimum atomic E-state index is -3.01. The van der Waals surface area contributed by atoms with E-state index in [9.17, 15) is 24.5 Å². The van der Waals surface area contributed by atoms with Gasteiger partial charge in [0.1, 0.15) is 0 Å². The second-order valence-corrected chi connectivity index (χ2v) is 20.7. The maximum atomic E-state index is 14.2. The second-order valence-electron chi connectivity index (χ2n) is 15.3. The van der Waals surface area contributed by atoms with E-state index >= 15 is 0 Å². The summed E-state index contributed by atoms with van der Waals surface area (Å²) in [7, 11) is -2.90. The molecule has 2 aliphatic heterocycles. The minimum absolute atomic E-state index is 0.00449. The third kappa shape index (κ3) is 7.60. The number of halogens is 1. The smallest absolute Gasteiger partial charge is 0.487 e. The number of phenolic OH excluding ortho intramolecular Hbond substituents is 1. The number of aliphatic carboxylic acids is 1.